The van der Waals surface area contributed by atoms with E-state index >= 15 is 0 Å². The number of hydrogen-bond donors (Lipinski definition) is 1. The number of anilines is 1. The Labute approximate surface area is 250 Å². The van der Waals surface area contributed by atoms with Gasteiger partial charge < -0.3 is 10.0 Å². The molecule has 1 saturated heterocycles. The predicted octanol–water partition coefficient (Wildman–Crippen LogP) is 6.77. The molecule has 1 aliphatic heterocycles. The van der Waals surface area contributed by atoms with Crippen LogP contribution >= 0.6 is 11.3 Å². The van der Waals surface area contributed by atoms with Gasteiger partial charge in [0.1, 0.15) is 4.88 Å². The lowest BCUT2D eigenvalue weighted by atomic mass is 9.82. The molecule has 1 unspecified atom stereocenters. The van der Waals surface area contributed by atoms with Gasteiger partial charge >= 0.3 is 5.97 Å². The fraction of sp³-hybridized carbons (Fsp3) is 0.273. The third-order valence-electron chi connectivity index (χ3n) is 8.30. The van der Waals surface area contributed by atoms with E-state index < -0.39 is 27.9 Å². The molecular formula is C33H32N2O5S2. The van der Waals surface area contributed by atoms with E-state index in [9.17, 15) is 23.1 Å². The lowest BCUT2D eigenvalue weighted by Gasteiger charge is -2.44. The largest absolute Gasteiger partial charge is 0.477 e. The van der Waals surface area contributed by atoms with Crippen LogP contribution in [0.5, 0.6) is 0 Å². The van der Waals surface area contributed by atoms with Gasteiger partial charge in [0, 0.05) is 11.4 Å². The topological polar surface area (TPSA) is 95.0 Å². The van der Waals surface area contributed by atoms with Crippen LogP contribution in [0.3, 0.4) is 0 Å². The SMILES string of the molecule is O=C(O)c1sc(-c2ccccc2)cc1N1C(=O)CN(S(=O)(=O)c2cccc(-c3ccccc3)c2)CC1C1CCCCC1. The standard InChI is InChI=1S/C33H32N2O5S2/c36-31-22-34(42(39,40)27-18-10-17-26(19-27)23-11-4-1-5-12-23)21-29(24-13-6-2-7-14-24)35(31)28-20-30(41-32(28)33(37)38)25-15-8-3-9-16-25/h1,3-5,8-12,15-20,24,29H,2,6-7,13-14,21-22H2,(H,37,38). The average Bonchev–Trinajstić information content (AvgIpc) is 3.47. The Bertz CT molecular complexity index is 1700. The zero-order valence-electron chi connectivity index (χ0n) is 23.1. The molecule has 0 radical (unpaired) electrons. The summed E-state index contributed by atoms with van der Waals surface area (Å²) in [5, 5.41) is 10.2. The fourth-order valence-corrected chi connectivity index (χ4v) is 8.66. The van der Waals surface area contributed by atoms with E-state index in [4.69, 9.17) is 0 Å². The van der Waals surface area contributed by atoms with Crippen LogP contribution in [0.1, 0.15) is 41.8 Å². The highest BCUT2D eigenvalue weighted by atomic mass is 32.2. The van der Waals surface area contributed by atoms with Gasteiger partial charge in [0.2, 0.25) is 15.9 Å². The number of aromatic carboxylic acids is 1. The maximum atomic E-state index is 14.0. The monoisotopic (exact) mass is 600 g/mol. The number of rotatable bonds is 7. The minimum atomic E-state index is -3.99. The van der Waals surface area contributed by atoms with Crippen LogP contribution in [0.4, 0.5) is 5.69 Å². The second kappa shape index (κ2) is 11.8. The van der Waals surface area contributed by atoms with Crippen molar-refractivity contribution in [2.75, 3.05) is 18.0 Å². The second-order valence-corrected chi connectivity index (χ2v) is 13.9. The summed E-state index contributed by atoms with van der Waals surface area (Å²) < 4.78 is 29.3. The van der Waals surface area contributed by atoms with Gasteiger partial charge in [-0.25, -0.2) is 13.2 Å². The Morgan fingerprint density at radius 3 is 2.12 bits per heavy atom. The maximum absolute atomic E-state index is 14.0. The molecule has 1 amide bonds. The Balaban J connectivity index is 1.38. The first-order valence-electron chi connectivity index (χ1n) is 14.2. The first-order chi connectivity index (χ1) is 20.3. The summed E-state index contributed by atoms with van der Waals surface area (Å²) in [6.07, 6.45) is 4.83. The molecule has 9 heteroatoms. The number of carbonyl (C=O) groups excluding carboxylic acids is 1. The number of sulfonamides is 1. The molecule has 216 valence electrons. The number of nitrogens with zero attached hydrogens (tertiary/aromatic N) is 2. The lowest BCUT2D eigenvalue weighted by Crippen LogP contribution is -2.60. The van der Waals surface area contributed by atoms with Crippen LogP contribution in [0.25, 0.3) is 21.6 Å². The summed E-state index contributed by atoms with van der Waals surface area (Å²) in [6.45, 7) is -0.236. The summed E-state index contributed by atoms with van der Waals surface area (Å²) in [6, 6.07) is 27.2. The van der Waals surface area contributed by atoms with Crippen molar-refractivity contribution < 1.29 is 23.1 Å². The molecule has 1 saturated carbocycles. The Morgan fingerprint density at radius 1 is 0.810 bits per heavy atom. The first kappa shape index (κ1) is 28.3. The molecule has 2 fully saturated rings. The van der Waals surface area contributed by atoms with E-state index in [0.29, 0.717) is 5.69 Å². The van der Waals surface area contributed by atoms with Gasteiger partial charge in [-0.3, -0.25) is 4.79 Å². The van der Waals surface area contributed by atoms with Crippen LogP contribution in [0.15, 0.2) is 95.9 Å². The van der Waals surface area contributed by atoms with Crippen molar-refractivity contribution >= 4 is 38.9 Å². The molecule has 2 heterocycles. The van der Waals surface area contributed by atoms with E-state index in [-0.39, 0.29) is 28.8 Å². The molecule has 0 spiro atoms. The van der Waals surface area contributed by atoms with Crippen molar-refractivity contribution in [2.45, 2.75) is 43.0 Å². The average molecular weight is 601 g/mol. The summed E-state index contributed by atoms with van der Waals surface area (Å²) in [5.41, 5.74) is 2.92. The van der Waals surface area contributed by atoms with E-state index in [0.717, 1.165) is 65.0 Å². The Morgan fingerprint density at radius 2 is 1.45 bits per heavy atom. The van der Waals surface area contributed by atoms with Crippen molar-refractivity contribution in [1.29, 1.82) is 0 Å². The molecule has 1 aliphatic carbocycles. The normalized spacial score (nSPS) is 18.7. The van der Waals surface area contributed by atoms with E-state index in [1.807, 2.05) is 66.7 Å². The molecular weight excluding hydrogens is 569 g/mol. The van der Waals surface area contributed by atoms with Gasteiger partial charge in [-0.1, -0.05) is 92.1 Å². The predicted molar refractivity (Wildman–Crippen MR) is 165 cm³/mol. The highest BCUT2D eigenvalue weighted by molar-refractivity contribution is 7.89. The first-order valence-corrected chi connectivity index (χ1v) is 16.5. The van der Waals surface area contributed by atoms with Crippen molar-refractivity contribution in [3.63, 3.8) is 0 Å². The third kappa shape index (κ3) is 5.52. The molecule has 7 nitrogen and oxygen atoms in total. The number of carboxylic acids is 1. The Hall–Kier alpha value is -3.79. The van der Waals surface area contributed by atoms with Gasteiger partial charge in [0.15, 0.2) is 0 Å². The van der Waals surface area contributed by atoms with Crippen LogP contribution in [0.2, 0.25) is 0 Å². The van der Waals surface area contributed by atoms with Crippen LogP contribution in [0, 0.1) is 5.92 Å². The number of carboxylic acid groups (broad SMARTS) is 1. The van der Waals surface area contributed by atoms with Gasteiger partial charge in [-0.15, -0.1) is 11.3 Å². The molecule has 2 aliphatic rings. The summed E-state index contributed by atoms with van der Waals surface area (Å²) in [5.74, 6) is -1.43. The van der Waals surface area contributed by atoms with Crippen molar-refractivity contribution in [3.05, 3.63) is 95.9 Å². The smallest absolute Gasteiger partial charge is 0.348 e. The molecule has 4 aromatic rings. The maximum Gasteiger partial charge on any atom is 0.348 e. The van der Waals surface area contributed by atoms with E-state index in [2.05, 4.69) is 0 Å². The zero-order chi connectivity index (χ0) is 29.3. The van der Waals surface area contributed by atoms with Crippen molar-refractivity contribution in [2.24, 2.45) is 5.92 Å². The Kier molecular flexibility index (Phi) is 7.98. The molecule has 0 bridgehead atoms. The van der Waals surface area contributed by atoms with Gasteiger partial charge in [0.05, 0.1) is 23.2 Å². The highest BCUT2D eigenvalue weighted by Crippen LogP contribution is 2.42. The van der Waals surface area contributed by atoms with Crippen LogP contribution in [-0.2, 0) is 14.8 Å². The second-order valence-electron chi connectivity index (χ2n) is 10.9. The molecule has 1 N–H and O–H groups in total. The van der Waals surface area contributed by atoms with Gasteiger partial charge in [-0.2, -0.15) is 4.31 Å². The van der Waals surface area contributed by atoms with Crippen molar-refractivity contribution in [3.8, 4) is 21.6 Å². The number of hydrogen-bond acceptors (Lipinski definition) is 5. The summed E-state index contributed by atoms with van der Waals surface area (Å²) in [7, 11) is -3.99. The highest BCUT2D eigenvalue weighted by Gasteiger charge is 2.44. The van der Waals surface area contributed by atoms with Crippen LogP contribution < -0.4 is 4.90 Å². The number of amides is 1. The number of thiophene rings is 1. The molecule has 1 aromatic heterocycles. The molecule has 1 atom stereocenters. The molecule has 42 heavy (non-hydrogen) atoms. The van der Waals surface area contributed by atoms with E-state index in [1.54, 1.807) is 29.2 Å². The van der Waals surface area contributed by atoms with Gasteiger partial charge in [-0.05, 0) is 53.6 Å². The number of benzene rings is 3. The third-order valence-corrected chi connectivity index (χ3v) is 11.3. The summed E-state index contributed by atoms with van der Waals surface area (Å²) in [4.78, 5) is 29.0. The van der Waals surface area contributed by atoms with Crippen molar-refractivity contribution in [1.82, 2.24) is 4.31 Å². The fourth-order valence-electron chi connectivity index (χ4n) is 6.22. The van der Waals surface area contributed by atoms with Crippen LogP contribution in [-0.4, -0.2) is 48.8 Å². The number of piperazine rings is 1. The number of carbonyl (C=O) groups is 2. The zero-order valence-corrected chi connectivity index (χ0v) is 24.7. The quantitative estimate of drug-likeness (QED) is 0.253. The minimum Gasteiger partial charge on any atom is -0.477 e. The summed E-state index contributed by atoms with van der Waals surface area (Å²) >= 11 is 1.14. The minimum absolute atomic E-state index is 0.0677. The van der Waals surface area contributed by atoms with E-state index in [1.165, 1.54) is 4.31 Å². The molecule has 3 aromatic carbocycles. The lowest BCUT2D eigenvalue weighted by molar-refractivity contribution is -0.121. The molecule has 6 rings (SSSR count). The van der Waals surface area contributed by atoms with Gasteiger partial charge in [0.25, 0.3) is 0 Å².